The molecule has 0 radical (unpaired) electrons. The Morgan fingerprint density at radius 1 is 1.31 bits per heavy atom. The van der Waals surface area contributed by atoms with Gasteiger partial charge in [-0.25, -0.2) is 0 Å². The maximum absolute atomic E-state index is 3.43. The van der Waals surface area contributed by atoms with Crippen LogP contribution in [0.3, 0.4) is 0 Å². The minimum absolute atomic E-state index is 0.707. The summed E-state index contributed by atoms with van der Waals surface area (Å²) >= 11 is 0. The summed E-state index contributed by atoms with van der Waals surface area (Å²) in [6, 6.07) is 7.27. The van der Waals surface area contributed by atoms with Crippen LogP contribution in [0.4, 0.5) is 0 Å². The van der Waals surface area contributed by atoms with Gasteiger partial charge < -0.3 is 5.32 Å². The van der Waals surface area contributed by atoms with E-state index in [0.29, 0.717) is 6.04 Å². The van der Waals surface area contributed by atoms with E-state index in [1.54, 1.807) is 0 Å². The molecule has 1 unspecified atom stereocenters. The first-order valence-electron chi connectivity index (χ1n) is 6.14. The Morgan fingerprint density at radius 3 is 2.56 bits per heavy atom. The Labute approximate surface area is 98.7 Å². The third-order valence-corrected chi connectivity index (χ3v) is 3.71. The molecule has 0 aromatic heterocycles. The van der Waals surface area contributed by atoms with E-state index in [-0.39, 0.29) is 0 Å². The first-order chi connectivity index (χ1) is 7.68. The fourth-order valence-electron chi connectivity index (χ4n) is 2.49. The molecule has 1 saturated heterocycles. The van der Waals surface area contributed by atoms with Crippen LogP contribution in [0.15, 0.2) is 18.2 Å². The van der Waals surface area contributed by atoms with E-state index < -0.39 is 0 Å². The molecule has 0 aliphatic carbocycles. The van der Waals surface area contributed by atoms with Gasteiger partial charge >= 0.3 is 0 Å². The van der Waals surface area contributed by atoms with Gasteiger partial charge in [-0.1, -0.05) is 18.2 Å². The molecule has 2 rings (SSSR count). The van der Waals surface area contributed by atoms with Gasteiger partial charge in [0, 0.05) is 19.1 Å². The standard InChI is InChI=1S/C14H22N2/c1-11-5-4-6-12(2)14(11)10-16(3)13-7-8-15-9-13/h4-6,13,15H,7-10H2,1-3H3. The van der Waals surface area contributed by atoms with Crippen LogP contribution in [0, 0.1) is 13.8 Å². The number of rotatable bonds is 3. The first-order valence-corrected chi connectivity index (χ1v) is 6.14. The molecule has 2 nitrogen and oxygen atoms in total. The second-order valence-electron chi connectivity index (χ2n) is 4.93. The zero-order valence-electron chi connectivity index (χ0n) is 10.6. The van der Waals surface area contributed by atoms with E-state index in [1.165, 1.54) is 29.7 Å². The molecule has 1 atom stereocenters. The van der Waals surface area contributed by atoms with Crippen LogP contribution in [0.2, 0.25) is 0 Å². The highest BCUT2D eigenvalue weighted by atomic mass is 15.2. The van der Waals surface area contributed by atoms with Crippen LogP contribution in [0.5, 0.6) is 0 Å². The van der Waals surface area contributed by atoms with Crippen molar-refractivity contribution in [1.29, 1.82) is 0 Å². The molecular formula is C14H22N2. The van der Waals surface area contributed by atoms with Gasteiger partial charge in [0.05, 0.1) is 0 Å². The van der Waals surface area contributed by atoms with Gasteiger partial charge in [-0.2, -0.15) is 0 Å². The van der Waals surface area contributed by atoms with Crippen molar-refractivity contribution >= 4 is 0 Å². The van der Waals surface area contributed by atoms with E-state index in [4.69, 9.17) is 0 Å². The highest BCUT2D eigenvalue weighted by molar-refractivity contribution is 5.33. The van der Waals surface area contributed by atoms with Crippen LogP contribution in [0.25, 0.3) is 0 Å². The Kier molecular flexibility index (Phi) is 3.62. The zero-order chi connectivity index (χ0) is 11.5. The molecule has 1 fully saturated rings. The van der Waals surface area contributed by atoms with E-state index >= 15 is 0 Å². The molecule has 1 heterocycles. The maximum Gasteiger partial charge on any atom is 0.0239 e. The molecule has 0 bridgehead atoms. The predicted molar refractivity (Wildman–Crippen MR) is 68.7 cm³/mol. The number of nitrogens with zero attached hydrogens (tertiary/aromatic N) is 1. The van der Waals surface area contributed by atoms with Crippen LogP contribution in [-0.2, 0) is 6.54 Å². The van der Waals surface area contributed by atoms with Crippen molar-refractivity contribution in [2.45, 2.75) is 32.9 Å². The molecule has 1 aliphatic heterocycles. The van der Waals surface area contributed by atoms with Crippen molar-refractivity contribution in [2.75, 3.05) is 20.1 Å². The Bertz CT molecular complexity index is 334. The molecule has 1 aromatic rings. The molecule has 16 heavy (non-hydrogen) atoms. The number of hydrogen-bond acceptors (Lipinski definition) is 2. The number of likely N-dealkylation sites (N-methyl/N-ethyl adjacent to an activating group) is 1. The number of hydrogen-bond donors (Lipinski definition) is 1. The molecule has 2 heteroatoms. The first kappa shape index (κ1) is 11.6. The normalized spacial score (nSPS) is 20.6. The number of benzene rings is 1. The zero-order valence-corrected chi connectivity index (χ0v) is 10.6. The van der Waals surface area contributed by atoms with Gasteiger partial charge in [-0.3, -0.25) is 4.90 Å². The average molecular weight is 218 g/mol. The minimum atomic E-state index is 0.707. The molecule has 1 aromatic carbocycles. The average Bonchev–Trinajstić information content (AvgIpc) is 2.76. The lowest BCUT2D eigenvalue weighted by Crippen LogP contribution is -2.33. The van der Waals surface area contributed by atoms with Crippen molar-refractivity contribution in [3.05, 3.63) is 34.9 Å². The van der Waals surface area contributed by atoms with Crippen LogP contribution in [-0.4, -0.2) is 31.1 Å². The summed E-state index contributed by atoms with van der Waals surface area (Å²) in [6.07, 6.45) is 1.28. The summed E-state index contributed by atoms with van der Waals surface area (Å²) in [7, 11) is 2.24. The lowest BCUT2D eigenvalue weighted by molar-refractivity contribution is 0.248. The third-order valence-electron chi connectivity index (χ3n) is 3.71. The highest BCUT2D eigenvalue weighted by Crippen LogP contribution is 2.17. The van der Waals surface area contributed by atoms with E-state index in [2.05, 4.69) is 49.3 Å². The fraction of sp³-hybridized carbons (Fsp3) is 0.571. The highest BCUT2D eigenvalue weighted by Gasteiger charge is 2.19. The summed E-state index contributed by atoms with van der Waals surface area (Å²) in [5.41, 5.74) is 4.33. The van der Waals surface area contributed by atoms with Gasteiger partial charge in [0.2, 0.25) is 0 Å². The molecule has 0 saturated carbocycles. The predicted octanol–water partition coefficient (Wildman–Crippen LogP) is 2.10. The maximum atomic E-state index is 3.43. The van der Waals surface area contributed by atoms with E-state index in [9.17, 15) is 0 Å². The molecule has 88 valence electrons. The quantitative estimate of drug-likeness (QED) is 0.836. The third kappa shape index (κ3) is 2.45. The van der Waals surface area contributed by atoms with Crippen molar-refractivity contribution in [3.8, 4) is 0 Å². The van der Waals surface area contributed by atoms with Gasteiger partial charge in [0.25, 0.3) is 0 Å². The van der Waals surface area contributed by atoms with Gasteiger partial charge in [0.15, 0.2) is 0 Å². The van der Waals surface area contributed by atoms with Gasteiger partial charge in [-0.15, -0.1) is 0 Å². The fourth-order valence-corrected chi connectivity index (χ4v) is 2.49. The molecular weight excluding hydrogens is 196 g/mol. The summed E-state index contributed by atoms with van der Waals surface area (Å²) < 4.78 is 0. The van der Waals surface area contributed by atoms with Crippen molar-refractivity contribution in [1.82, 2.24) is 10.2 Å². The van der Waals surface area contributed by atoms with E-state index in [0.717, 1.165) is 13.1 Å². The Balaban J connectivity index is 2.07. The molecule has 0 spiro atoms. The van der Waals surface area contributed by atoms with Crippen molar-refractivity contribution < 1.29 is 0 Å². The lowest BCUT2D eigenvalue weighted by atomic mass is 10.0. The second-order valence-corrected chi connectivity index (χ2v) is 4.93. The van der Waals surface area contributed by atoms with Gasteiger partial charge in [0.1, 0.15) is 0 Å². The lowest BCUT2D eigenvalue weighted by Gasteiger charge is -2.25. The SMILES string of the molecule is Cc1cccc(C)c1CN(C)C1CCNC1. The van der Waals surface area contributed by atoms with E-state index in [1.807, 2.05) is 0 Å². The number of nitrogens with one attached hydrogen (secondary N) is 1. The van der Waals surface area contributed by atoms with Gasteiger partial charge in [-0.05, 0) is 50.6 Å². The minimum Gasteiger partial charge on any atom is -0.315 e. The Hall–Kier alpha value is -0.860. The van der Waals surface area contributed by atoms with Crippen LogP contribution in [0.1, 0.15) is 23.1 Å². The summed E-state index contributed by atoms with van der Waals surface area (Å²) in [5, 5.41) is 3.43. The summed E-state index contributed by atoms with van der Waals surface area (Å²) in [6.45, 7) is 7.81. The van der Waals surface area contributed by atoms with Crippen molar-refractivity contribution in [3.63, 3.8) is 0 Å². The largest absolute Gasteiger partial charge is 0.315 e. The smallest absolute Gasteiger partial charge is 0.0239 e. The topological polar surface area (TPSA) is 15.3 Å². The van der Waals surface area contributed by atoms with Crippen LogP contribution < -0.4 is 5.32 Å². The summed E-state index contributed by atoms with van der Waals surface area (Å²) in [5.74, 6) is 0. The number of aryl methyl sites for hydroxylation is 2. The molecule has 0 amide bonds. The Morgan fingerprint density at radius 2 is 2.00 bits per heavy atom. The second kappa shape index (κ2) is 4.98. The molecule has 1 aliphatic rings. The monoisotopic (exact) mass is 218 g/mol. The van der Waals surface area contributed by atoms with Crippen LogP contribution >= 0.6 is 0 Å². The van der Waals surface area contributed by atoms with Crippen molar-refractivity contribution in [2.24, 2.45) is 0 Å². The summed E-state index contributed by atoms with van der Waals surface area (Å²) in [4.78, 5) is 2.48. The molecule has 1 N–H and O–H groups in total.